The summed E-state index contributed by atoms with van der Waals surface area (Å²) in [6.45, 7) is 1.83. The van der Waals surface area contributed by atoms with Gasteiger partial charge in [0.1, 0.15) is 11.6 Å². The number of halogens is 3. The molecule has 4 rings (SSSR count). The van der Waals surface area contributed by atoms with Crippen molar-refractivity contribution in [1.29, 1.82) is 0 Å². The van der Waals surface area contributed by atoms with Gasteiger partial charge >= 0.3 is 0 Å². The average molecular weight is 446 g/mol. The number of nitrogens with zero attached hydrogens (tertiary/aromatic N) is 1. The number of amides is 1. The van der Waals surface area contributed by atoms with E-state index in [-0.39, 0.29) is 17.5 Å². The number of anilines is 2. The first-order valence-corrected chi connectivity index (χ1v) is 10.1. The van der Waals surface area contributed by atoms with E-state index in [1.165, 1.54) is 12.1 Å². The molecule has 1 heterocycles. The van der Waals surface area contributed by atoms with Crippen molar-refractivity contribution in [2.24, 2.45) is 5.10 Å². The molecule has 1 aliphatic rings. The second kappa shape index (κ2) is 8.50. The molecule has 30 heavy (non-hydrogen) atoms. The lowest BCUT2D eigenvalue weighted by molar-refractivity contribution is 0.0994. The molecular weight excluding hydrogens is 428 g/mol. The van der Waals surface area contributed by atoms with Crippen molar-refractivity contribution in [2.75, 3.05) is 10.7 Å². The van der Waals surface area contributed by atoms with Gasteiger partial charge in [0.2, 0.25) is 0 Å². The number of hydrogen-bond acceptors (Lipinski definition) is 4. The van der Waals surface area contributed by atoms with Gasteiger partial charge in [0.15, 0.2) is 5.76 Å². The minimum atomic E-state index is -0.383. The van der Waals surface area contributed by atoms with Crippen LogP contribution in [0.25, 0.3) is 0 Å². The normalized spacial score (nSPS) is 14.5. The Kier molecular flexibility index (Phi) is 5.79. The van der Waals surface area contributed by atoms with E-state index < -0.39 is 0 Å². The zero-order chi connectivity index (χ0) is 21.3. The van der Waals surface area contributed by atoms with E-state index in [4.69, 9.17) is 27.6 Å². The van der Waals surface area contributed by atoms with Gasteiger partial charge in [-0.1, -0.05) is 23.2 Å². The number of furan rings is 1. The highest BCUT2D eigenvalue weighted by Crippen LogP contribution is 2.31. The molecule has 2 N–H and O–H groups in total. The maximum atomic E-state index is 13.1. The number of fused-ring (bicyclic) bond motifs is 1. The van der Waals surface area contributed by atoms with E-state index in [1.54, 1.807) is 30.3 Å². The summed E-state index contributed by atoms with van der Waals surface area (Å²) in [5, 5.41) is 8.11. The lowest BCUT2D eigenvalue weighted by atomic mass is 9.93. The molecule has 1 aliphatic carbocycles. The van der Waals surface area contributed by atoms with Crippen molar-refractivity contribution in [3.05, 3.63) is 81.0 Å². The number of rotatable bonds is 4. The molecule has 154 valence electrons. The molecule has 0 spiro atoms. The van der Waals surface area contributed by atoms with Crippen molar-refractivity contribution in [1.82, 2.24) is 0 Å². The third-order valence-electron chi connectivity index (χ3n) is 4.82. The summed E-state index contributed by atoms with van der Waals surface area (Å²) in [7, 11) is 0. The molecule has 0 atom stereocenters. The number of benzene rings is 2. The van der Waals surface area contributed by atoms with Crippen molar-refractivity contribution in [3.8, 4) is 0 Å². The van der Waals surface area contributed by atoms with Crippen LogP contribution in [0.1, 0.15) is 40.3 Å². The Hall–Kier alpha value is -2.83. The number of aryl methyl sites for hydroxylation is 1. The summed E-state index contributed by atoms with van der Waals surface area (Å²) in [6, 6.07) is 10.8. The summed E-state index contributed by atoms with van der Waals surface area (Å²) in [4.78, 5) is 12.8. The highest BCUT2D eigenvalue weighted by molar-refractivity contribution is 6.35. The predicted octanol–water partition coefficient (Wildman–Crippen LogP) is 6.44. The van der Waals surface area contributed by atoms with Gasteiger partial charge in [0.25, 0.3) is 5.91 Å². The number of nitrogens with one attached hydrogen (secondary N) is 2. The molecule has 8 heteroatoms. The molecule has 0 fully saturated rings. The number of hydrogen-bond donors (Lipinski definition) is 2. The molecule has 1 amide bonds. The van der Waals surface area contributed by atoms with E-state index in [0.717, 1.165) is 41.9 Å². The van der Waals surface area contributed by atoms with Gasteiger partial charge in [-0.05, 0) is 62.2 Å². The summed E-state index contributed by atoms with van der Waals surface area (Å²) in [5.74, 6) is 0.265. The van der Waals surface area contributed by atoms with Crippen LogP contribution in [0.15, 0.2) is 52.0 Å². The molecule has 5 nitrogen and oxygen atoms in total. The molecule has 1 aromatic heterocycles. The average Bonchev–Trinajstić information content (AvgIpc) is 3.04. The maximum absolute atomic E-state index is 13.1. The predicted molar refractivity (Wildman–Crippen MR) is 117 cm³/mol. The van der Waals surface area contributed by atoms with Gasteiger partial charge in [0.05, 0.1) is 11.4 Å². The Morgan fingerprint density at radius 2 is 1.77 bits per heavy atom. The van der Waals surface area contributed by atoms with Crippen LogP contribution in [0, 0.1) is 12.7 Å². The Morgan fingerprint density at radius 3 is 2.47 bits per heavy atom. The van der Waals surface area contributed by atoms with E-state index >= 15 is 0 Å². The van der Waals surface area contributed by atoms with Crippen LogP contribution in [-0.2, 0) is 6.42 Å². The molecule has 0 radical (unpaired) electrons. The summed E-state index contributed by atoms with van der Waals surface area (Å²) in [6.07, 6.45) is 2.32. The molecule has 0 unspecified atom stereocenters. The molecular formula is C22H18Cl2FN3O2. The molecule has 0 aliphatic heterocycles. The lowest BCUT2D eigenvalue weighted by Crippen LogP contribution is -2.14. The van der Waals surface area contributed by atoms with Crippen molar-refractivity contribution in [3.63, 3.8) is 0 Å². The molecule has 0 bridgehead atoms. The quantitative estimate of drug-likeness (QED) is 0.454. The topological polar surface area (TPSA) is 66.6 Å². The van der Waals surface area contributed by atoms with E-state index in [1.807, 2.05) is 6.92 Å². The summed E-state index contributed by atoms with van der Waals surface area (Å²) in [5.41, 5.74) is 6.46. The second-order valence-corrected chi connectivity index (χ2v) is 7.87. The number of carbonyl (C=O) groups excluding carboxylic acids is 1. The van der Waals surface area contributed by atoms with Crippen molar-refractivity contribution < 1.29 is 13.6 Å². The van der Waals surface area contributed by atoms with Gasteiger partial charge in [-0.25, -0.2) is 4.39 Å². The van der Waals surface area contributed by atoms with Crippen LogP contribution in [0.5, 0.6) is 0 Å². The first kappa shape index (κ1) is 20.4. The van der Waals surface area contributed by atoms with Crippen molar-refractivity contribution >= 4 is 46.2 Å². The minimum absolute atomic E-state index is 0.229. The van der Waals surface area contributed by atoms with Crippen molar-refractivity contribution in [2.45, 2.75) is 26.2 Å². The first-order valence-electron chi connectivity index (χ1n) is 9.39. The number of hydrazone groups is 1. The Morgan fingerprint density at radius 1 is 1.07 bits per heavy atom. The van der Waals surface area contributed by atoms with E-state index in [9.17, 15) is 9.18 Å². The maximum Gasteiger partial charge on any atom is 0.291 e. The van der Waals surface area contributed by atoms with Gasteiger partial charge in [-0.15, -0.1) is 0 Å². The fourth-order valence-corrected chi connectivity index (χ4v) is 3.99. The Labute approximate surface area is 182 Å². The summed E-state index contributed by atoms with van der Waals surface area (Å²) < 4.78 is 19.0. The monoisotopic (exact) mass is 445 g/mol. The highest BCUT2D eigenvalue weighted by atomic mass is 35.5. The van der Waals surface area contributed by atoms with Gasteiger partial charge < -0.3 is 9.73 Å². The SMILES string of the molecule is Cc1c(C(=O)Nc2cc(Cl)cc(Cl)c2)oc2c1/C(=N/Nc1ccc(F)cc1)CCC2. The molecule has 0 saturated heterocycles. The third kappa shape index (κ3) is 4.35. The zero-order valence-electron chi connectivity index (χ0n) is 16.1. The van der Waals surface area contributed by atoms with E-state index in [2.05, 4.69) is 15.8 Å². The first-order chi connectivity index (χ1) is 14.4. The number of carbonyl (C=O) groups is 1. The highest BCUT2D eigenvalue weighted by Gasteiger charge is 2.28. The molecule has 2 aromatic carbocycles. The van der Waals surface area contributed by atoms with Crippen LogP contribution in [-0.4, -0.2) is 11.6 Å². The van der Waals surface area contributed by atoms with Gasteiger partial charge in [-0.3, -0.25) is 10.2 Å². The zero-order valence-corrected chi connectivity index (χ0v) is 17.6. The van der Waals surface area contributed by atoms with Crippen LogP contribution >= 0.6 is 23.2 Å². The lowest BCUT2D eigenvalue weighted by Gasteiger charge is -2.13. The van der Waals surface area contributed by atoms with Crippen LogP contribution < -0.4 is 10.7 Å². The van der Waals surface area contributed by atoms with E-state index in [0.29, 0.717) is 21.4 Å². The van der Waals surface area contributed by atoms with Crippen LogP contribution in [0.4, 0.5) is 15.8 Å². The van der Waals surface area contributed by atoms with Gasteiger partial charge in [-0.2, -0.15) is 5.10 Å². The minimum Gasteiger partial charge on any atom is -0.455 e. The smallest absolute Gasteiger partial charge is 0.291 e. The Bertz CT molecular complexity index is 1120. The fourth-order valence-electron chi connectivity index (χ4n) is 3.47. The van der Waals surface area contributed by atoms with Crippen LogP contribution in [0.2, 0.25) is 10.0 Å². The summed E-state index contributed by atoms with van der Waals surface area (Å²) >= 11 is 12.0. The van der Waals surface area contributed by atoms with Gasteiger partial charge in [0, 0.05) is 33.3 Å². The Balaban J connectivity index is 1.59. The molecule has 0 saturated carbocycles. The molecule has 3 aromatic rings. The fraction of sp³-hybridized carbons (Fsp3) is 0.182. The largest absolute Gasteiger partial charge is 0.455 e. The standard InChI is InChI=1S/C22H18Cl2FN3O2/c1-12-20-18(28-27-16-7-5-15(25)6-8-16)3-2-4-19(20)30-21(12)22(29)26-17-10-13(23)9-14(24)11-17/h5-11,27H,2-4H2,1H3,(H,26,29)/b28-18+. The third-order valence-corrected chi connectivity index (χ3v) is 5.25. The van der Waals surface area contributed by atoms with Crippen LogP contribution in [0.3, 0.4) is 0 Å². The second-order valence-electron chi connectivity index (χ2n) is 7.00.